The van der Waals surface area contributed by atoms with Crippen LogP contribution in [-0.2, 0) is 0 Å². The van der Waals surface area contributed by atoms with E-state index in [0.29, 0.717) is 17.6 Å². The molecule has 3 aromatic rings. The summed E-state index contributed by atoms with van der Waals surface area (Å²) in [5, 5.41) is 10.2. The second-order valence-electron chi connectivity index (χ2n) is 5.73. The average molecular weight is 324 g/mol. The molecular formula is C17H20N6O. The van der Waals surface area contributed by atoms with Crippen molar-refractivity contribution in [1.29, 1.82) is 0 Å². The van der Waals surface area contributed by atoms with E-state index in [1.807, 2.05) is 58.3 Å². The second-order valence-corrected chi connectivity index (χ2v) is 5.73. The molecule has 3 rings (SSSR count). The van der Waals surface area contributed by atoms with Crippen molar-refractivity contribution in [2.75, 3.05) is 29.6 Å². The standard InChI is InChI=1S/C17H20N6O/c1-11-9-15(19-13-5-7-14(8-6-13)23(3)4)20-17(18-11)21-16-10-12(2)24-22-16/h5-10H,1-4H3,(H2,18,19,20,21,22). The second kappa shape index (κ2) is 6.57. The number of aromatic nitrogens is 3. The molecule has 2 N–H and O–H groups in total. The van der Waals surface area contributed by atoms with Gasteiger partial charge in [-0.2, -0.15) is 4.98 Å². The van der Waals surface area contributed by atoms with Crippen molar-refractivity contribution in [2.45, 2.75) is 13.8 Å². The van der Waals surface area contributed by atoms with Crippen LogP contribution < -0.4 is 15.5 Å². The van der Waals surface area contributed by atoms with E-state index in [2.05, 4.69) is 30.7 Å². The molecule has 0 bridgehead atoms. The van der Waals surface area contributed by atoms with E-state index in [9.17, 15) is 0 Å². The van der Waals surface area contributed by atoms with Gasteiger partial charge in [0.05, 0.1) is 0 Å². The minimum Gasteiger partial charge on any atom is -0.378 e. The van der Waals surface area contributed by atoms with Crippen LogP contribution in [0, 0.1) is 13.8 Å². The third-order valence-corrected chi connectivity index (χ3v) is 3.38. The number of anilines is 5. The molecule has 0 atom stereocenters. The molecule has 0 radical (unpaired) electrons. The van der Waals surface area contributed by atoms with Crippen molar-refractivity contribution in [3.63, 3.8) is 0 Å². The molecule has 0 amide bonds. The molecule has 0 saturated heterocycles. The smallest absolute Gasteiger partial charge is 0.230 e. The Bertz CT molecular complexity index is 825. The van der Waals surface area contributed by atoms with Crippen LogP contribution in [0.2, 0.25) is 0 Å². The van der Waals surface area contributed by atoms with E-state index in [0.717, 1.165) is 22.8 Å². The van der Waals surface area contributed by atoms with E-state index >= 15 is 0 Å². The lowest BCUT2D eigenvalue weighted by molar-refractivity contribution is 0.400. The monoisotopic (exact) mass is 324 g/mol. The molecule has 0 saturated carbocycles. The number of rotatable bonds is 5. The van der Waals surface area contributed by atoms with Crippen LogP contribution in [0.5, 0.6) is 0 Å². The van der Waals surface area contributed by atoms with Crippen LogP contribution >= 0.6 is 0 Å². The first-order valence-corrected chi connectivity index (χ1v) is 7.60. The topological polar surface area (TPSA) is 79.1 Å². The third-order valence-electron chi connectivity index (χ3n) is 3.38. The van der Waals surface area contributed by atoms with Crippen molar-refractivity contribution < 1.29 is 4.52 Å². The molecule has 0 aliphatic carbocycles. The summed E-state index contributed by atoms with van der Waals surface area (Å²) in [5.74, 6) is 2.49. The fourth-order valence-corrected chi connectivity index (χ4v) is 2.22. The minimum absolute atomic E-state index is 0.468. The molecule has 7 heteroatoms. The number of benzene rings is 1. The fourth-order valence-electron chi connectivity index (χ4n) is 2.22. The van der Waals surface area contributed by atoms with Crippen molar-refractivity contribution in [3.8, 4) is 0 Å². The molecule has 7 nitrogen and oxygen atoms in total. The van der Waals surface area contributed by atoms with E-state index < -0.39 is 0 Å². The van der Waals surface area contributed by atoms with Gasteiger partial charge in [0.15, 0.2) is 5.82 Å². The molecule has 124 valence electrons. The molecule has 0 aliphatic heterocycles. The van der Waals surface area contributed by atoms with Crippen LogP contribution in [0.15, 0.2) is 40.9 Å². The summed E-state index contributed by atoms with van der Waals surface area (Å²) < 4.78 is 5.04. The number of nitrogens with zero attached hydrogens (tertiary/aromatic N) is 4. The number of nitrogens with one attached hydrogen (secondary N) is 2. The van der Waals surface area contributed by atoms with Crippen molar-refractivity contribution in [2.24, 2.45) is 0 Å². The summed E-state index contributed by atoms with van der Waals surface area (Å²) in [6, 6.07) is 11.8. The van der Waals surface area contributed by atoms with Gasteiger partial charge < -0.3 is 20.1 Å². The Morgan fingerprint density at radius 3 is 2.29 bits per heavy atom. The van der Waals surface area contributed by atoms with Gasteiger partial charge in [0, 0.05) is 43.3 Å². The Morgan fingerprint density at radius 2 is 1.67 bits per heavy atom. The van der Waals surface area contributed by atoms with Gasteiger partial charge >= 0.3 is 0 Å². The summed E-state index contributed by atoms with van der Waals surface area (Å²) in [5.41, 5.74) is 2.95. The van der Waals surface area contributed by atoms with E-state index in [4.69, 9.17) is 4.52 Å². The molecule has 0 aliphatic rings. The van der Waals surface area contributed by atoms with E-state index in [-0.39, 0.29) is 0 Å². The van der Waals surface area contributed by atoms with E-state index in [1.165, 1.54) is 0 Å². The predicted octanol–water partition coefficient (Wildman–Crippen LogP) is 3.63. The lowest BCUT2D eigenvalue weighted by Crippen LogP contribution is -2.08. The van der Waals surface area contributed by atoms with Gasteiger partial charge in [0.25, 0.3) is 0 Å². The maximum atomic E-state index is 5.04. The van der Waals surface area contributed by atoms with Gasteiger partial charge in [-0.3, -0.25) is 0 Å². The maximum absolute atomic E-state index is 5.04. The molecule has 2 heterocycles. The van der Waals surface area contributed by atoms with Crippen LogP contribution in [0.4, 0.5) is 29.0 Å². The highest BCUT2D eigenvalue weighted by atomic mass is 16.5. The molecular weight excluding hydrogens is 304 g/mol. The van der Waals surface area contributed by atoms with Gasteiger partial charge in [-0.1, -0.05) is 5.16 Å². The zero-order chi connectivity index (χ0) is 17.1. The first-order valence-electron chi connectivity index (χ1n) is 7.60. The number of hydrogen-bond donors (Lipinski definition) is 2. The molecule has 24 heavy (non-hydrogen) atoms. The van der Waals surface area contributed by atoms with Crippen molar-refractivity contribution >= 4 is 29.0 Å². The zero-order valence-electron chi connectivity index (χ0n) is 14.2. The van der Waals surface area contributed by atoms with E-state index in [1.54, 1.807) is 6.07 Å². The number of aryl methyl sites for hydroxylation is 2. The largest absolute Gasteiger partial charge is 0.378 e. The lowest BCUT2D eigenvalue weighted by Gasteiger charge is -2.13. The lowest BCUT2D eigenvalue weighted by atomic mass is 10.2. The minimum atomic E-state index is 0.468. The first kappa shape index (κ1) is 15.8. The summed E-state index contributed by atoms with van der Waals surface area (Å²) in [7, 11) is 4.03. The fraction of sp³-hybridized carbons (Fsp3) is 0.235. The van der Waals surface area contributed by atoms with Gasteiger partial charge in [0.2, 0.25) is 5.95 Å². The predicted molar refractivity (Wildman–Crippen MR) is 95.3 cm³/mol. The van der Waals surface area contributed by atoms with Crippen LogP contribution in [0.3, 0.4) is 0 Å². The summed E-state index contributed by atoms with van der Waals surface area (Å²) in [6.07, 6.45) is 0. The van der Waals surface area contributed by atoms with Gasteiger partial charge in [-0.05, 0) is 38.1 Å². The normalized spacial score (nSPS) is 10.5. The quantitative estimate of drug-likeness (QED) is 0.741. The molecule has 2 aromatic heterocycles. The van der Waals surface area contributed by atoms with Crippen LogP contribution in [0.25, 0.3) is 0 Å². The molecule has 0 spiro atoms. The summed E-state index contributed by atoms with van der Waals surface area (Å²) >= 11 is 0. The van der Waals surface area contributed by atoms with Crippen LogP contribution in [0.1, 0.15) is 11.5 Å². The van der Waals surface area contributed by atoms with Gasteiger partial charge in [-0.25, -0.2) is 4.98 Å². The highest BCUT2D eigenvalue weighted by Crippen LogP contribution is 2.21. The Kier molecular flexibility index (Phi) is 4.33. The maximum Gasteiger partial charge on any atom is 0.230 e. The van der Waals surface area contributed by atoms with Crippen molar-refractivity contribution in [3.05, 3.63) is 47.9 Å². The SMILES string of the molecule is Cc1cc(Nc2ccc(N(C)C)cc2)nc(Nc2cc(C)on2)n1. The average Bonchev–Trinajstić information content (AvgIpc) is 2.92. The van der Waals surface area contributed by atoms with Crippen molar-refractivity contribution in [1.82, 2.24) is 15.1 Å². The molecule has 0 unspecified atom stereocenters. The first-order chi connectivity index (χ1) is 11.5. The Labute approximate surface area is 140 Å². The Hall–Kier alpha value is -3.09. The van der Waals surface area contributed by atoms with Gasteiger partial charge in [0.1, 0.15) is 11.6 Å². The summed E-state index contributed by atoms with van der Waals surface area (Å²) in [4.78, 5) is 10.9. The molecule has 0 fully saturated rings. The highest BCUT2D eigenvalue weighted by Gasteiger charge is 2.06. The zero-order valence-corrected chi connectivity index (χ0v) is 14.2. The third kappa shape index (κ3) is 3.81. The summed E-state index contributed by atoms with van der Waals surface area (Å²) in [6.45, 7) is 3.75. The number of hydrogen-bond acceptors (Lipinski definition) is 7. The van der Waals surface area contributed by atoms with Crippen LogP contribution in [-0.4, -0.2) is 29.2 Å². The van der Waals surface area contributed by atoms with Gasteiger partial charge in [-0.15, -0.1) is 0 Å². The molecule has 1 aromatic carbocycles. The Balaban J connectivity index is 1.78. The highest BCUT2D eigenvalue weighted by molar-refractivity contribution is 5.62. The Morgan fingerprint density at radius 1 is 0.917 bits per heavy atom.